The summed E-state index contributed by atoms with van der Waals surface area (Å²) in [6, 6.07) is 12.1. The molecule has 0 aliphatic rings. The molecule has 0 aliphatic heterocycles. The predicted octanol–water partition coefficient (Wildman–Crippen LogP) is 8.37. The van der Waals surface area contributed by atoms with Crippen LogP contribution in [-0.2, 0) is 19.3 Å². The molecular weight excluding hydrogens is 486 g/mol. The molecule has 0 unspecified atom stereocenters. The Morgan fingerprint density at radius 1 is 0.649 bits per heavy atom. The summed E-state index contributed by atoms with van der Waals surface area (Å²) < 4.78 is 84.6. The Bertz CT molecular complexity index is 1530. The monoisotopic (exact) mass is 508 g/mol. The molecule has 0 amide bonds. The maximum Gasteiger partial charge on any atom is 0.195 e. The highest BCUT2D eigenvalue weighted by Gasteiger charge is 2.14. The lowest BCUT2D eigenvalue weighted by Crippen LogP contribution is -1.99. The van der Waals surface area contributed by atoms with E-state index in [4.69, 9.17) is 0 Å². The summed E-state index contributed by atoms with van der Waals surface area (Å²) in [5, 5.41) is -0.0663. The molecule has 0 nitrogen and oxygen atoms in total. The third-order valence-corrected chi connectivity index (χ3v) is 6.04. The Morgan fingerprint density at radius 2 is 1.38 bits per heavy atom. The minimum Gasteiger partial charge on any atom is -0.207 e. The van der Waals surface area contributed by atoms with Gasteiger partial charge in [0.1, 0.15) is 17.5 Å². The van der Waals surface area contributed by atoms with Crippen LogP contribution in [0.15, 0.2) is 66.7 Å². The second-order valence-electron chi connectivity index (χ2n) is 8.64. The largest absolute Gasteiger partial charge is 0.207 e. The second kappa shape index (κ2) is 11.4. The maximum atomic E-state index is 14.7. The van der Waals surface area contributed by atoms with Gasteiger partial charge in [-0.2, -0.15) is 0 Å². The fourth-order valence-electron chi connectivity index (χ4n) is 4.05. The van der Waals surface area contributed by atoms with Crippen LogP contribution in [-0.4, -0.2) is 0 Å². The third kappa shape index (κ3) is 6.06. The number of hydrogen-bond donors (Lipinski definition) is 0. The number of allylic oxidation sites excluding steroid dienone is 2. The van der Waals surface area contributed by atoms with E-state index in [2.05, 4.69) is 11.8 Å². The zero-order valence-corrected chi connectivity index (χ0v) is 19.9. The number of halogens is 6. The Labute approximate surface area is 211 Å². The molecule has 6 heteroatoms. The van der Waals surface area contributed by atoms with E-state index in [0.717, 1.165) is 36.6 Å². The molecule has 0 atom stereocenters. The smallest absolute Gasteiger partial charge is 0.195 e. The lowest BCUT2D eigenvalue weighted by molar-refractivity contribution is 0.453. The quantitative estimate of drug-likeness (QED) is 0.106. The summed E-state index contributed by atoms with van der Waals surface area (Å²) in [5.74, 6) is -1.34. The molecule has 0 fully saturated rings. The van der Waals surface area contributed by atoms with Crippen molar-refractivity contribution in [1.82, 2.24) is 0 Å². The Kier molecular flexibility index (Phi) is 8.03. The van der Waals surface area contributed by atoms with Crippen molar-refractivity contribution in [2.24, 2.45) is 0 Å². The molecule has 0 heterocycles. The van der Waals surface area contributed by atoms with Gasteiger partial charge in [-0.25, -0.2) is 26.3 Å². The van der Waals surface area contributed by atoms with Crippen LogP contribution in [0.5, 0.6) is 0 Å². The standard InChI is InChI=1S/C31H22F6/c1-2-3-4-5-19-6-10-22(26(32)15-19)11-7-21-16-27(33)25(28(34)17-21)13-9-20-8-12-24-23(14-20)18-29(35)31(37)30(24)36/h2-3,6,8,10,12,14-18H,4-5,7,11H2,1H3/b3-2+. The number of hydrogen-bond acceptors (Lipinski definition) is 0. The fourth-order valence-corrected chi connectivity index (χ4v) is 4.05. The molecule has 188 valence electrons. The van der Waals surface area contributed by atoms with Gasteiger partial charge in [0.25, 0.3) is 0 Å². The van der Waals surface area contributed by atoms with Crippen LogP contribution in [0, 0.1) is 46.7 Å². The van der Waals surface area contributed by atoms with Crippen LogP contribution in [0.4, 0.5) is 26.3 Å². The first-order valence-corrected chi connectivity index (χ1v) is 11.7. The van der Waals surface area contributed by atoms with Crippen molar-refractivity contribution in [3.63, 3.8) is 0 Å². The molecule has 0 N–H and O–H groups in total. The first-order chi connectivity index (χ1) is 17.8. The van der Waals surface area contributed by atoms with Crippen LogP contribution in [0.1, 0.15) is 41.2 Å². The molecule has 0 saturated heterocycles. The van der Waals surface area contributed by atoms with Crippen LogP contribution >= 0.6 is 0 Å². The normalized spacial score (nSPS) is 11.2. The number of benzene rings is 4. The highest BCUT2D eigenvalue weighted by Crippen LogP contribution is 2.24. The lowest BCUT2D eigenvalue weighted by atomic mass is 10.00. The van der Waals surface area contributed by atoms with Gasteiger partial charge in [0.15, 0.2) is 17.5 Å². The minimum absolute atomic E-state index is 0.0672. The maximum absolute atomic E-state index is 14.7. The molecule has 4 aromatic carbocycles. The van der Waals surface area contributed by atoms with Crippen molar-refractivity contribution in [3.05, 3.63) is 129 Å². The molecule has 0 radical (unpaired) electrons. The summed E-state index contributed by atoms with van der Waals surface area (Å²) in [6.45, 7) is 1.93. The zero-order valence-electron chi connectivity index (χ0n) is 19.9. The average Bonchev–Trinajstić information content (AvgIpc) is 2.86. The second-order valence-corrected chi connectivity index (χ2v) is 8.64. The molecule has 0 saturated carbocycles. The van der Waals surface area contributed by atoms with Crippen molar-refractivity contribution in [2.45, 2.75) is 32.6 Å². The average molecular weight is 509 g/mol. The topological polar surface area (TPSA) is 0 Å². The summed E-state index contributed by atoms with van der Waals surface area (Å²) in [4.78, 5) is 0. The van der Waals surface area contributed by atoms with E-state index in [9.17, 15) is 26.3 Å². The van der Waals surface area contributed by atoms with Gasteiger partial charge in [0.05, 0.1) is 5.56 Å². The number of rotatable bonds is 6. The Balaban J connectivity index is 1.49. The van der Waals surface area contributed by atoms with E-state index in [0.29, 0.717) is 11.1 Å². The zero-order chi connectivity index (χ0) is 26.5. The lowest BCUT2D eigenvalue weighted by Gasteiger charge is -2.08. The van der Waals surface area contributed by atoms with Gasteiger partial charge < -0.3 is 0 Å². The fraction of sp³-hybridized carbons (Fsp3) is 0.161. The highest BCUT2D eigenvalue weighted by molar-refractivity contribution is 5.84. The van der Waals surface area contributed by atoms with Crippen LogP contribution in [0.2, 0.25) is 0 Å². The summed E-state index contributed by atoms with van der Waals surface area (Å²) in [6.07, 6.45) is 6.00. The van der Waals surface area contributed by atoms with Gasteiger partial charge in [0, 0.05) is 10.9 Å². The molecule has 0 spiro atoms. The van der Waals surface area contributed by atoms with Gasteiger partial charge in [-0.15, -0.1) is 0 Å². The number of aryl methyl sites for hydroxylation is 3. The Hall–Kier alpha value is -3.98. The van der Waals surface area contributed by atoms with Crippen molar-refractivity contribution >= 4 is 10.8 Å². The van der Waals surface area contributed by atoms with Crippen molar-refractivity contribution in [1.29, 1.82) is 0 Å². The van der Waals surface area contributed by atoms with E-state index in [1.54, 1.807) is 6.07 Å². The van der Waals surface area contributed by atoms with Crippen LogP contribution < -0.4 is 0 Å². The van der Waals surface area contributed by atoms with Gasteiger partial charge >= 0.3 is 0 Å². The van der Waals surface area contributed by atoms with Crippen molar-refractivity contribution < 1.29 is 26.3 Å². The van der Waals surface area contributed by atoms with Crippen LogP contribution in [0.3, 0.4) is 0 Å². The first kappa shape index (κ1) is 26.1. The van der Waals surface area contributed by atoms with E-state index < -0.39 is 34.6 Å². The van der Waals surface area contributed by atoms with Gasteiger partial charge in [-0.3, -0.25) is 0 Å². The SMILES string of the molecule is C/C=C/CCc1ccc(CCc2cc(F)c(C#Cc3ccc4c(F)c(F)c(F)cc4c3)c(F)c2)c(F)c1. The van der Waals surface area contributed by atoms with Crippen LogP contribution in [0.25, 0.3) is 10.8 Å². The first-order valence-electron chi connectivity index (χ1n) is 11.7. The molecular formula is C31H22F6. The molecule has 0 bridgehead atoms. The summed E-state index contributed by atoms with van der Waals surface area (Å²) in [7, 11) is 0. The summed E-state index contributed by atoms with van der Waals surface area (Å²) in [5.41, 5.74) is 1.48. The molecule has 0 aliphatic carbocycles. The molecule has 37 heavy (non-hydrogen) atoms. The van der Waals surface area contributed by atoms with Gasteiger partial charge in [-0.05, 0) is 91.1 Å². The van der Waals surface area contributed by atoms with Gasteiger partial charge in [-0.1, -0.05) is 42.2 Å². The minimum atomic E-state index is -1.57. The molecule has 4 aromatic rings. The van der Waals surface area contributed by atoms with E-state index >= 15 is 0 Å². The van der Waals surface area contributed by atoms with E-state index in [1.165, 1.54) is 24.3 Å². The predicted molar refractivity (Wildman–Crippen MR) is 133 cm³/mol. The van der Waals surface area contributed by atoms with E-state index in [1.807, 2.05) is 25.1 Å². The highest BCUT2D eigenvalue weighted by atomic mass is 19.2. The molecule has 4 rings (SSSR count). The number of fused-ring (bicyclic) bond motifs is 1. The molecule has 0 aromatic heterocycles. The Morgan fingerprint density at radius 3 is 2.08 bits per heavy atom. The third-order valence-electron chi connectivity index (χ3n) is 6.04. The van der Waals surface area contributed by atoms with Crippen molar-refractivity contribution in [3.8, 4) is 11.8 Å². The van der Waals surface area contributed by atoms with Gasteiger partial charge in [0.2, 0.25) is 0 Å². The summed E-state index contributed by atoms with van der Waals surface area (Å²) >= 11 is 0. The van der Waals surface area contributed by atoms with E-state index in [-0.39, 0.29) is 35.0 Å². The van der Waals surface area contributed by atoms with Crippen molar-refractivity contribution in [2.75, 3.05) is 0 Å².